The summed E-state index contributed by atoms with van der Waals surface area (Å²) in [6, 6.07) is 6.29. The summed E-state index contributed by atoms with van der Waals surface area (Å²) in [5, 5.41) is 0. The first-order chi connectivity index (χ1) is 9.70. The van der Waals surface area contributed by atoms with Crippen LogP contribution in [0, 0.1) is 13.8 Å². The maximum atomic E-state index is 12.5. The quantitative estimate of drug-likeness (QED) is 0.806. The number of anilines is 1. The lowest BCUT2D eigenvalue weighted by Crippen LogP contribution is -2.27. The number of hydrogen-bond acceptors (Lipinski definition) is 4. The van der Waals surface area contributed by atoms with Gasteiger partial charge in [0.25, 0.3) is 0 Å². The fourth-order valence-corrected chi connectivity index (χ4v) is 4.13. The summed E-state index contributed by atoms with van der Waals surface area (Å²) in [7, 11) is -3.69. The van der Waals surface area contributed by atoms with Crippen LogP contribution in [0.2, 0.25) is 0 Å². The van der Waals surface area contributed by atoms with E-state index in [1.54, 1.807) is 32.0 Å². The van der Waals surface area contributed by atoms with Crippen LogP contribution < -0.4 is 10.5 Å². The predicted octanol–water partition coefficient (Wildman–Crippen LogP) is 3.28. The molecule has 0 radical (unpaired) electrons. The first-order valence-corrected chi connectivity index (χ1v) is 8.62. The molecule has 0 saturated carbocycles. The Hall–Kier alpha value is -1.31. The highest BCUT2D eigenvalue weighted by atomic mass is 79.9. The lowest BCUT2D eigenvalue weighted by Gasteiger charge is -2.15. The van der Waals surface area contributed by atoms with Crippen LogP contribution in [0.1, 0.15) is 30.0 Å². The molecule has 5 nitrogen and oxygen atoms in total. The molecule has 0 aliphatic carbocycles. The molecule has 3 N–H and O–H groups in total. The SMILES string of the molecule is Cc1ccc(C(C)NS(=O)(=O)c2cc(Br)cc(N)c2C)o1. The maximum Gasteiger partial charge on any atom is 0.241 e. The number of nitrogens with two attached hydrogens (primary N) is 1. The zero-order valence-electron chi connectivity index (χ0n) is 12.0. The van der Waals surface area contributed by atoms with Gasteiger partial charge in [0.05, 0.1) is 10.9 Å². The van der Waals surface area contributed by atoms with Gasteiger partial charge in [-0.05, 0) is 50.6 Å². The van der Waals surface area contributed by atoms with Crippen LogP contribution >= 0.6 is 15.9 Å². The second-order valence-electron chi connectivity index (χ2n) is 4.91. The minimum Gasteiger partial charge on any atom is -0.465 e. The normalized spacial score (nSPS) is 13.3. The summed E-state index contributed by atoms with van der Waals surface area (Å²) in [5.74, 6) is 1.30. The van der Waals surface area contributed by atoms with Gasteiger partial charge >= 0.3 is 0 Å². The van der Waals surface area contributed by atoms with E-state index < -0.39 is 16.1 Å². The molecule has 114 valence electrons. The average Bonchev–Trinajstić information content (AvgIpc) is 2.80. The van der Waals surface area contributed by atoms with Gasteiger partial charge in [-0.2, -0.15) is 0 Å². The number of nitrogens with one attached hydrogen (secondary N) is 1. The molecule has 0 saturated heterocycles. The van der Waals surface area contributed by atoms with Crippen molar-refractivity contribution in [3.8, 4) is 0 Å². The van der Waals surface area contributed by atoms with Crippen LogP contribution in [-0.2, 0) is 10.0 Å². The van der Waals surface area contributed by atoms with Gasteiger partial charge in [-0.3, -0.25) is 0 Å². The third-order valence-corrected chi connectivity index (χ3v) is 5.30. The zero-order chi connectivity index (χ0) is 15.8. The topological polar surface area (TPSA) is 85.3 Å². The highest BCUT2D eigenvalue weighted by molar-refractivity contribution is 9.10. The summed E-state index contributed by atoms with van der Waals surface area (Å²) in [6.07, 6.45) is 0. The molecule has 1 atom stereocenters. The molecule has 0 amide bonds. The predicted molar refractivity (Wildman–Crippen MR) is 85.5 cm³/mol. The van der Waals surface area contributed by atoms with Gasteiger partial charge in [-0.1, -0.05) is 15.9 Å². The van der Waals surface area contributed by atoms with Gasteiger partial charge in [0.15, 0.2) is 0 Å². The zero-order valence-corrected chi connectivity index (χ0v) is 14.4. The number of rotatable bonds is 4. The van der Waals surface area contributed by atoms with Crippen molar-refractivity contribution in [2.75, 3.05) is 5.73 Å². The standard InChI is InChI=1S/C14H17BrN2O3S/c1-8-4-5-13(20-8)10(3)17-21(18,19)14-7-11(15)6-12(16)9(14)2/h4-7,10,17H,16H2,1-3H3. The van der Waals surface area contributed by atoms with Crippen molar-refractivity contribution in [2.45, 2.75) is 31.7 Å². The van der Waals surface area contributed by atoms with Crippen LogP contribution in [0.4, 0.5) is 5.69 Å². The van der Waals surface area contributed by atoms with E-state index in [1.165, 1.54) is 6.07 Å². The lowest BCUT2D eigenvalue weighted by atomic mass is 10.2. The summed E-state index contributed by atoms with van der Waals surface area (Å²) in [5.41, 5.74) is 6.77. The number of nitrogen functional groups attached to an aromatic ring is 1. The molecule has 21 heavy (non-hydrogen) atoms. The Morgan fingerprint density at radius 2 is 1.95 bits per heavy atom. The van der Waals surface area contributed by atoms with Gasteiger partial charge < -0.3 is 10.2 Å². The molecule has 0 spiro atoms. The molecule has 1 unspecified atom stereocenters. The second-order valence-corrected chi connectivity index (χ2v) is 7.51. The summed E-state index contributed by atoms with van der Waals surface area (Å²) in [4.78, 5) is 0.157. The molecule has 1 aromatic carbocycles. The molecule has 2 rings (SSSR count). The maximum absolute atomic E-state index is 12.5. The number of halogens is 1. The Morgan fingerprint density at radius 1 is 1.29 bits per heavy atom. The third kappa shape index (κ3) is 3.48. The molecular weight excluding hydrogens is 356 g/mol. The number of hydrogen-bond donors (Lipinski definition) is 2. The van der Waals surface area contributed by atoms with E-state index in [9.17, 15) is 8.42 Å². The Bertz CT molecular complexity index is 769. The monoisotopic (exact) mass is 372 g/mol. The first kappa shape index (κ1) is 16.1. The van der Waals surface area contributed by atoms with Crippen LogP contribution in [0.15, 0.2) is 38.1 Å². The highest BCUT2D eigenvalue weighted by Gasteiger charge is 2.23. The van der Waals surface area contributed by atoms with Crippen LogP contribution in [0.3, 0.4) is 0 Å². The van der Waals surface area contributed by atoms with E-state index in [2.05, 4.69) is 20.7 Å². The second kappa shape index (κ2) is 5.82. The van der Waals surface area contributed by atoms with E-state index in [1.807, 2.05) is 6.92 Å². The fraction of sp³-hybridized carbons (Fsp3) is 0.286. The highest BCUT2D eigenvalue weighted by Crippen LogP contribution is 2.27. The van der Waals surface area contributed by atoms with Crippen molar-refractivity contribution >= 4 is 31.6 Å². The molecule has 0 aliphatic rings. The van der Waals surface area contributed by atoms with E-state index in [-0.39, 0.29) is 4.90 Å². The summed E-state index contributed by atoms with van der Waals surface area (Å²) < 4.78 is 33.7. The van der Waals surface area contributed by atoms with Crippen molar-refractivity contribution in [3.63, 3.8) is 0 Å². The van der Waals surface area contributed by atoms with Gasteiger partial charge in [-0.25, -0.2) is 13.1 Å². The molecular formula is C14H17BrN2O3S. The van der Waals surface area contributed by atoms with Gasteiger partial charge in [0.1, 0.15) is 11.5 Å². The minimum absolute atomic E-state index is 0.157. The fourth-order valence-electron chi connectivity index (χ4n) is 1.99. The van der Waals surface area contributed by atoms with Gasteiger partial charge in [0.2, 0.25) is 10.0 Å². The van der Waals surface area contributed by atoms with Gasteiger partial charge in [0, 0.05) is 10.2 Å². The largest absolute Gasteiger partial charge is 0.465 e. The molecule has 0 fully saturated rings. The Kier molecular flexibility index (Phi) is 4.46. The van der Waals surface area contributed by atoms with Crippen molar-refractivity contribution in [1.82, 2.24) is 4.72 Å². The molecule has 0 bridgehead atoms. The number of furan rings is 1. The number of benzene rings is 1. The summed E-state index contributed by atoms with van der Waals surface area (Å²) >= 11 is 3.26. The summed E-state index contributed by atoms with van der Waals surface area (Å²) in [6.45, 7) is 5.22. The minimum atomic E-state index is -3.69. The van der Waals surface area contributed by atoms with Crippen molar-refractivity contribution in [3.05, 3.63) is 45.8 Å². The number of sulfonamides is 1. The molecule has 1 aromatic heterocycles. The first-order valence-electron chi connectivity index (χ1n) is 6.35. The molecule has 2 aromatic rings. The lowest BCUT2D eigenvalue weighted by molar-refractivity contribution is 0.441. The van der Waals surface area contributed by atoms with Crippen molar-refractivity contribution < 1.29 is 12.8 Å². The van der Waals surface area contributed by atoms with E-state index >= 15 is 0 Å². The van der Waals surface area contributed by atoms with Crippen LogP contribution in [0.5, 0.6) is 0 Å². The Morgan fingerprint density at radius 3 is 2.52 bits per heavy atom. The van der Waals surface area contributed by atoms with Crippen molar-refractivity contribution in [2.24, 2.45) is 0 Å². The third-order valence-electron chi connectivity index (χ3n) is 3.17. The van der Waals surface area contributed by atoms with E-state index in [4.69, 9.17) is 10.2 Å². The number of aryl methyl sites for hydroxylation is 1. The van der Waals surface area contributed by atoms with E-state index in [0.717, 1.165) is 5.76 Å². The Balaban J connectivity index is 2.35. The van der Waals surface area contributed by atoms with E-state index in [0.29, 0.717) is 21.5 Å². The van der Waals surface area contributed by atoms with Crippen LogP contribution in [-0.4, -0.2) is 8.42 Å². The van der Waals surface area contributed by atoms with Crippen molar-refractivity contribution in [1.29, 1.82) is 0 Å². The van der Waals surface area contributed by atoms with Crippen LogP contribution in [0.25, 0.3) is 0 Å². The van der Waals surface area contributed by atoms with Gasteiger partial charge in [-0.15, -0.1) is 0 Å². The smallest absolute Gasteiger partial charge is 0.241 e. The molecule has 1 heterocycles. The Labute approximate surface area is 132 Å². The molecule has 0 aliphatic heterocycles. The molecule has 7 heteroatoms. The average molecular weight is 373 g/mol.